The fraction of sp³-hybridized carbons (Fsp3) is 0.200. The Morgan fingerprint density at radius 3 is 2.71 bits per heavy atom. The Balaban J connectivity index is 1.89. The number of methoxy groups -OCH3 is 1. The normalized spacial score (nSPS) is 10.5. The van der Waals surface area contributed by atoms with Gasteiger partial charge in [0.05, 0.1) is 29.7 Å². The number of hydrogen-bond donors (Lipinski definition) is 1. The quantitative estimate of drug-likeness (QED) is 0.497. The SMILES string of the molecule is CCN(CC(=O)Nc1ccccc1OC)c1ccc([N+](=O)[O-])c2cnccc12. The molecule has 28 heavy (non-hydrogen) atoms. The summed E-state index contributed by atoms with van der Waals surface area (Å²) in [5.74, 6) is 0.359. The number of benzene rings is 2. The van der Waals surface area contributed by atoms with Gasteiger partial charge in [-0.2, -0.15) is 0 Å². The molecule has 0 fully saturated rings. The predicted octanol–water partition coefficient (Wildman–Crippen LogP) is 3.62. The number of rotatable bonds is 7. The van der Waals surface area contributed by atoms with Crippen LogP contribution in [0, 0.1) is 10.1 Å². The Morgan fingerprint density at radius 2 is 2.00 bits per heavy atom. The lowest BCUT2D eigenvalue weighted by Gasteiger charge is -2.24. The van der Waals surface area contributed by atoms with Gasteiger partial charge in [0.1, 0.15) is 5.75 Å². The van der Waals surface area contributed by atoms with Crippen LogP contribution in [0.4, 0.5) is 17.1 Å². The van der Waals surface area contributed by atoms with Gasteiger partial charge in [-0.05, 0) is 31.2 Å². The Hall–Kier alpha value is -3.68. The van der Waals surface area contributed by atoms with Gasteiger partial charge in [-0.1, -0.05) is 12.1 Å². The summed E-state index contributed by atoms with van der Waals surface area (Å²) < 4.78 is 5.26. The molecule has 144 valence electrons. The summed E-state index contributed by atoms with van der Waals surface area (Å²) in [5.41, 5.74) is 1.31. The van der Waals surface area contributed by atoms with Gasteiger partial charge in [-0.3, -0.25) is 19.9 Å². The van der Waals surface area contributed by atoms with Gasteiger partial charge < -0.3 is 15.0 Å². The van der Waals surface area contributed by atoms with Crippen molar-refractivity contribution >= 4 is 33.7 Å². The number of nitro groups is 1. The number of hydrogen-bond acceptors (Lipinski definition) is 6. The second kappa shape index (κ2) is 8.34. The van der Waals surface area contributed by atoms with Gasteiger partial charge in [0.25, 0.3) is 5.69 Å². The second-order valence-electron chi connectivity index (χ2n) is 6.04. The van der Waals surface area contributed by atoms with E-state index in [1.165, 1.54) is 12.3 Å². The van der Waals surface area contributed by atoms with Crippen LogP contribution in [0.2, 0.25) is 0 Å². The van der Waals surface area contributed by atoms with Crippen LogP contribution in [0.3, 0.4) is 0 Å². The van der Waals surface area contributed by atoms with Crippen molar-refractivity contribution in [3.8, 4) is 5.75 Å². The summed E-state index contributed by atoms with van der Waals surface area (Å²) in [6.07, 6.45) is 3.05. The minimum absolute atomic E-state index is 0.0126. The van der Waals surface area contributed by atoms with Crippen molar-refractivity contribution < 1.29 is 14.5 Å². The molecule has 3 rings (SSSR count). The third-order valence-electron chi connectivity index (χ3n) is 4.41. The molecule has 1 heterocycles. The summed E-state index contributed by atoms with van der Waals surface area (Å²) >= 11 is 0. The molecule has 8 nitrogen and oxygen atoms in total. The smallest absolute Gasteiger partial charge is 0.278 e. The van der Waals surface area contributed by atoms with Crippen LogP contribution >= 0.6 is 0 Å². The third-order valence-corrected chi connectivity index (χ3v) is 4.41. The molecule has 1 N–H and O–H groups in total. The number of nitrogens with zero attached hydrogens (tertiary/aromatic N) is 3. The molecule has 0 spiro atoms. The number of carbonyl (C=O) groups is 1. The number of ether oxygens (including phenoxy) is 1. The first-order valence-corrected chi connectivity index (χ1v) is 8.74. The predicted molar refractivity (Wildman–Crippen MR) is 108 cm³/mol. The number of aromatic nitrogens is 1. The molecule has 0 bridgehead atoms. The number of pyridine rings is 1. The molecule has 1 amide bonds. The topological polar surface area (TPSA) is 97.6 Å². The van der Waals surface area contributed by atoms with Gasteiger partial charge in [0.15, 0.2) is 0 Å². The number of nitro benzene ring substituents is 1. The maximum atomic E-state index is 12.6. The number of fused-ring (bicyclic) bond motifs is 1. The minimum atomic E-state index is -0.432. The highest BCUT2D eigenvalue weighted by Gasteiger charge is 2.19. The van der Waals surface area contributed by atoms with Crippen LogP contribution in [-0.4, -0.2) is 36.0 Å². The molecule has 3 aromatic rings. The van der Waals surface area contributed by atoms with Gasteiger partial charge >= 0.3 is 0 Å². The molecule has 0 radical (unpaired) electrons. The summed E-state index contributed by atoms with van der Waals surface area (Å²) in [4.78, 5) is 29.3. The van der Waals surface area contributed by atoms with Crippen molar-refractivity contribution in [2.45, 2.75) is 6.92 Å². The molecule has 0 saturated heterocycles. The van der Waals surface area contributed by atoms with E-state index in [0.29, 0.717) is 28.8 Å². The lowest BCUT2D eigenvalue weighted by molar-refractivity contribution is -0.383. The molecular weight excluding hydrogens is 360 g/mol. The van der Waals surface area contributed by atoms with E-state index in [2.05, 4.69) is 10.3 Å². The second-order valence-corrected chi connectivity index (χ2v) is 6.04. The van der Waals surface area contributed by atoms with E-state index < -0.39 is 4.92 Å². The number of carbonyl (C=O) groups excluding carboxylic acids is 1. The number of para-hydroxylation sites is 2. The monoisotopic (exact) mass is 380 g/mol. The lowest BCUT2D eigenvalue weighted by Crippen LogP contribution is -2.33. The molecule has 0 aliphatic heterocycles. The van der Waals surface area contributed by atoms with Crippen LogP contribution in [0.15, 0.2) is 54.9 Å². The van der Waals surface area contributed by atoms with Crippen molar-refractivity contribution in [3.05, 3.63) is 65.0 Å². The zero-order valence-electron chi connectivity index (χ0n) is 15.6. The van der Waals surface area contributed by atoms with E-state index in [1.807, 2.05) is 24.0 Å². The van der Waals surface area contributed by atoms with E-state index in [9.17, 15) is 14.9 Å². The Kier molecular flexibility index (Phi) is 5.69. The Labute approximate surface area is 161 Å². The van der Waals surface area contributed by atoms with Crippen molar-refractivity contribution in [3.63, 3.8) is 0 Å². The molecule has 0 aliphatic carbocycles. The summed E-state index contributed by atoms with van der Waals surface area (Å²) in [5, 5.41) is 15.3. The lowest BCUT2D eigenvalue weighted by atomic mass is 10.1. The number of anilines is 2. The Bertz CT molecular complexity index is 1020. The van der Waals surface area contributed by atoms with Crippen molar-refractivity contribution in [2.24, 2.45) is 0 Å². The zero-order chi connectivity index (χ0) is 20.1. The van der Waals surface area contributed by atoms with Crippen LogP contribution in [-0.2, 0) is 4.79 Å². The molecular formula is C20H20N4O4. The first kappa shape index (κ1) is 19.1. The van der Waals surface area contributed by atoms with Crippen LogP contribution in [0.25, 0.3) is 10.8 Å². The fourth-order valence-corrected chi connectivity index (χ4v) is 3.07. The molecule has 8 heteroatoms. The highest BCUT2D eigenvalue weighted by molar-refractivity contribution is 6.01. The third kappa shape index (κ3) is 3.85. The van der Waals surface area contributed by atoms with E-state index in [0.717, 1.165) is 5.69 Å². The van der Waals surface area contributed by atoms with Crippen molar-refractivity contribution in [1.82, 2.24) is 4.98 Å². The molecule has 0 unspecified atom stereocenters. The van der Waals surface area contributed by atoms with Gasteiger partial charge in [-0.25, -0.2) is 0 Å². The molecule has 2 aromatic carbocycles. The van der Waals surface area contributed by atoms with Crippen molar-refractivity contribution in [2.75, 3.05) is 30.4 Å². The zero-order valence-corrected chi connectivity index (χ0v) is 15.6. The first-order valence-electron chi connectivity index (χ1n) is 8.74. The van der Waals surface area contributed by atoms with Gasteiger partial charge in [-0.15, -0.1) is 0 Å². The highest BCUT2D eigenvalue weighted by Crippen LogP contribution is 2.33. The van der Waals surface area contributed by atoms with E-state index in [-0.39, 0.29) is 18.1 Å². The first-order chi connectivity index (χ1) is 13.5. The van der Waals surface area contributed by atoms with Gasteiger partial charge in [0, 0.05) is 36.1 Å². The van der Waals surface area contributed by atoms with E-state index in [4.69, 9.17) is 4.74 Å². The average Bonchev–Trinajstić information content (AvgIpc) is 2.71. The van der Waals surface area contributed by atoms with Crippen LogP contribution in [0.5, 0.6) is 5.75 Å². The Morgan fingerprint density at radius 1 is 1.21 bits per heavy atom. The summed E-state index contributed by atoms with van der Waals surface area (Å²) in [6.45, 7) is 2.56. The van der Waals surface area contributed by atoms with E-state index >= 15 is 0 Å². The average molecular weight is 380 g/mol. The summed E-state index contributed by atoms with van der Waals surface area (Å²) in [7, 11) is 1.54. The number of non-ortho nitro benzene ring substituents is 1. The molecule has 0 atom stereocenters. The molecule has 0 saturated carbocycles. The maximum absolute atomic E-state index is 12.6. The van der Waals surface area contributed by atoms with Crippen molar-refractivity contribution in [1.29, 1.82) is 0 Å². The fourth-order valence-electron chi connectivity index (χ4n) is 3.07. The molecule has 1 aromatic heterocycles. The van der Waals surface area contributed by atoms with Crippen LogP contribution < -0.4 is 15.0 Å². The largest absolute Gasteiger partial charge is 0.495 e. The highest BCUT2D eigenvalue weighted by atomic mass is 16.6. The number of likely N-dealkylation sites (N-methyl/N-ethyl adjacent to an activating group) is 1. The maximum Gasteiger partial charge on any atom is 0.278 e. The van der Waals surface area contributed by atoms with Gasteiger partial charge in [0.2, 0.25) is 5.91 Å². The summed E-state index contributed by atoms with van der Waals surface area (Å²) in [6, 6.07) is 12.0. The molecule has 0 aliphatic rings. The number of amides is 1. The van der Waals surface area contributed by atoms with Crippen LogP contribution in [0.1, 0.15) is 6.92 Å². The minimum Gasteiger partial charge on any atom is -0.495 e. The standard InChI is InChI=1S/C20H20N4O4/c1-3-23(13-20(25)22-16-6-4-5-7-19(16)28-2)17-8-9-18(24(26)27)15-12-21-11-10-14(15)17/h4-12H,3,13H2,1-2H3,(H,22,25). The van der Waals surface area contributed by atoms with E-state index in [1.54, 1.807) is 37.6 Å². The number of nitrogens with one attached hydrogen (secondary N) is 1.